The summed E-state index contributed by atoms with van der Waals surface area (Å²) in [5.74, 6) is -0.242. The molecular formula is C9H12INO2. The van der Waals surface area contributed by atoms with Gasteiger partial charge in [-0.25, -0.2) is 4.79 Å². The summed E-state index contributed by atoms with van der Waals surface area (Å²) in [6.07, 6.45) is 0. The molecule has 0 fully saturated rings. The monoisotopic (exact) mass is 293 g/mol. The van der Waals surface area contributed by atoms with Gasteiger partial charge in [-0.1, -0.05) is 0 Å². The highest BCUT2D eigenvalue weighted by Crippen LogP contribution is 2.20. The van der Waals surface area contributed by atoms with Crippen LogP contribution in [0.1, 0.15) is 28.7 Å². The van der Waals surface area contributed by atoms with Crippen LogP contribution in [0.5, 0.6) is 0 Å². The maximum atomic E-state index is 11.5. The van der Waals surface area contributed by atoms with E-state index >= 15 is 0 Å². The number of aromatic amines is 1. The van der Waals surface area contributed by atoms with Crippen molar-refractivity contribution in [1.29, 1.82) is 0 Å². The molecule has 0 aliphatic carbocycles. The second kappa shape index (κ2) is 4.13. The van der Waals surface area contributed by atoms with E-state index in [-0.39, 0.29) is 5.97 Å². The minimum absolute atomic E-state index is 0.242. The van der Waals surface area contributed by atoms with Crippen LogP contribution in [0.2, 0.25) is 0 Å². The molecule has 0 aromatic carbocycles. The van der Waals surface area contributed by atoms with Crippen molar-refractivity contribution in [1.82, 2.24) is 4.98 Å². The molecular weight excluding hydrogens is 281 g/mol. The van der Waals surface area contributed by atoms with E-state index < -0.39 is 0 Å². The number of hydrogen-bond acceptors (Lipinski definition) is 2. The molecule has 1 aromatic heterocycles. The smallest absolute Gasteiger partial charge is 0.341 e. The molecule has 0 saturated carbocycles. The summed E-state index contributed by atoms with van der Waals surface area (Å²) in [4.78, 5) is 14.6. The lowest BCUT2D eigenvalue weighted by molar-refractivity contribution is 0.0524. The number of aryl methyl sites for hydroxylation is 2. The van der Waals surface area contributed by atoms with E-state index in [0.717, 1.165) is 15.0 Å². The zero-order valence-electron chi connectivity index (χ0n) is 7.90. The minimum atomic E-state index is -0.242. The van der Waals surface area contributed by atoms with Gasteiger partial charge in [0.05, 0.1) is 12.2 Å². The number of esters is 1. The Bertz CT molecular complexity index is 331. The third kappa shape index (κ3) is 2.04. The highest BCUT2D eigenvalue weighted by Gasteiger charge is 2.17. The normalized spacial score (nSPS) is 10.2. The van der Waals surface area contributed by atoms with Gasteiger partial charge >= 0.3 is 5.97 Å². The van der Waals surface area contributed by atoms with Crippen molar-refractivity contribution in [3.05, 3.63) is 20.5 Å². The Kier molecular flexibility index (Phi) is 3.35. The first kappa shape index (κ1) is 10.6. The summed E-state index contributed by atoms with van der Waals surface area (Å²) in [6.45, 7) is 6.04. The lowest BCUT2D eigenvalue weighted by atomic mass is 10.2. The van der Waals surface area contributed by atoms with Gasteiger partial charge in [-0.2, -0.15) is 0 Å². The van der Waals surface area contributed by atoms with Gasteiger partial charge in [0.25, 0.3) is 0 Å². The van der Waals surface area contributed by atoms with Gasteiger partial charge in [0, 0.05) is 15.0 Å². The Labute approximate surface area is 91.0 Å². The Morgan fingerprint density at radius 3 is 2.46 bits per heavy atom. The molecule has 13 heavy (non-hydrogen) atoms. The van der Waals surface area contributed by atoms with Gasteiger partial charge in [-0.05, 0) is 43.4 Å². The van der Waals surface area contributed by atoms with E-state index in [1.807, 2.05) is 13.8 Å². The van der Waals surface area contributed by atoms with Crippen molar-refractivity contribution in [2.24, 2.45) is 0 Å². The van der Waals surface area contributed by atoms with Crippen LogP contribution in [0.4, 0.5) is 0 Å². The Balaban J connectivity index is 3.06. The largest absolute Gasteiger partial charge is 0.462 e. The SMILES string of the molecule is CCOC(=O)c1c(C)[nH]c(C)c1I. The molecule has 0 unspecified atom stereocenters. The van der Waals surface area contributed by atoms with E-state index in [1.165, 1.54) is 0 Å². The van der Waals surface area contributed by atoms with Gasteiger partial charge in [0.2, 0.25) is 0 Å². The molecule has 0 aliphatic rings. The number of hydrogen-bond donors (Lipinski definition) is 1. The Hall–Kier alpha value is -0.520. The average molecular weight is 293 g/mol. The fourth-order valence-electron chi connectivity index (χ4n) is 1.20. The highest BCUT2D eigenvalue weighted by molar-refractivity contribution is 14.1. The van der Waals surface area contributed by atoms with Crippen molar-refractivity contribution < 1.29 is 9.53 Å². The van der Waals surface area contributed by atoms with Crippen LogP contribution < -0.4 is 0 Å². The lowest BCUT2D eigenvalue weighted by Crippen LogP contribution is -2.06. The van der Waals surface area contributed by atoms with Crippen LogP contribution >= 0.6 is 22.6 Å². The van der Waals surface area contributed by atoms with E-state index in [4.69, 9.17) is 4.74 Å². The molecule has 1 N–H and O–H groups in total. The standard InChI is InChI=1S/C9H12INO2/c1-4-13-9(12)7-5(2)11-6(3)8(7)10/h11H,4H2,1-3H3. The van der Waals surface area contributed by atoms with Gasteiger partial charge < -0.3 is 9.72 Å². The molecule has 0 radical (unpaired) electrons. The molecule has 1 aromatic rings. The van der Waals surface area contributed by atoms with Crippen molar-refractivity contribution >= 4 is 28.6 Å². The second-order valence-corrected chi connectivity index (χ2v) is 3.86. The van der Waals surface area contributed by atoms with Gasteiger partial charge in [-0.3, -0.25) is 0 Å². The molecule has 3 nitrogen and oxygen atoms in total. The maximum Gasteiger partial charge on any atom is 0.341 e. The molecule has 4 heteroatoms. The van der Waals surface area contributed by atoms with Crippen LogP contribution in [-0.2, 0) is 4.74 Å². The number of nitrogens with one attached hydrogen (secondary N) is 1. The number of H-pyrrole nitrogens is 1. The van der Waals surface area contributed by atoms with E-state index in [2.05, 4.69) is 27.6 Å². The maximum absolute atomic E-state index is 11.5. The zero-order chi connectivity index (χ0) is 10.0. The lowest BCUT2D eigenvalue weighted by Gasteiger charge is -2.00. The second-order valence-electron chi connectivity index (χ2n) is 2.78. The van der Waals surface area contributed by atoms with Crippen molar-refractivity contribution in [2.75, 3.05) is 6.61 Å². The topological polar surface area (TPSA) is 42.1 Å². The Morgan fingerprint density at radius 1 is 1.46 bits per heavy atom. The van der Waals surface area contributed by atoms with Crippen LogP contribution in [0, 0.1) is 17.4 Å². The first-order chi connectivity index (χ1) is 6.07. The van der Waals surface area contributed by atoms with Gasteiger partial charge in [0.1, 0.15) is 0 Å². The number of carbonyl (C=O) groups is 1. The summed E-state index contributed by atoms with van der Waals surface area (Å²) >= 11 is 2.15. The third-order valence-electron chi connectivity index (χ3n) is 1.78. The first-order valence-electron chi connectivity index (χ1n) is 4.09. The molecule has 72 valence electrons. The number of aromatic nitrogens is 1. The molecule has 0 amide bonds. The Morgan fingerprint density at radius 2 is 2.08 bits per heavy atom. The molecule has 0 saturated heterocycles. The van der Waals surface area contributed by atoms with Gasteiger partial charge in [0.15, 0.2) is 0 Å². The molecule has 1 rings (SSSR count). The summed E-state index contributed by atoms with van der Waals surface area (Å²) in [5.41, 5.74) is 2.56. The summed E-state index contributed by atoms with van der Waals surface area (Å²) in [6, 6.07) is 0. The summed E-state index contributed by atoms with van der Waals surface area (Å²) in [5, 5.41) is 0. The highest BCUT2D eigenvalue weighted by atomic mass is 127. The number of rotatable bonds is 2. The van der Waals surface area contributed by atoms with E-state index in [1.54, 1.807) is 6.92 Å². The molecule has 0 spiro atoms. The zero-order valence-corrected chi connectivity index (χ0v) is 10.1. The first-order valence-corrected chi connectivity index (χ1v) is 5.17. The number of carbonyl (C=O) groups excluding carboxylic acids is 1. The predicted molar refractivity (Wildman–Crippen MR) is 58.9 cm³/mol. The van der Waals surface area contributed by atoms with Crippen molar-refractivity contribution in [3.63, 3.8) is 0 Å². The minimum Gasteiger partial charge on any atom is -0.462 e. The summed E-state index contributed by atoms with van der Waals surface area (Å²) < 4.78 is 5.89. The molecule has 0 atom stereocenters. The van der Waals surface area contributed by atoms with Crippen molar-refractivity contribution in [2.45, 2.75) is 20.8 Å². The number of ether oxygens (including phenoxy) is 1. The van der Waals surface area contributed by atoms with Crippen LogP contribution in [0.15, 0.2) is 0 Å². The summed E-state index contributed by atoms with van der Waals surface area (Å²) in [7, 11) is 0. The fourth-order valence-corrected chi connectivity index (χ4v) is 1.96. The van der Waals surface area contributed by atoms with E-state index in [0.29, 0.717) is 12.2 Å². The van der Waals surface area contributed by atoms with Gasteiger partial charge in [-0.15, -0.1) is 0 Å². The van der Waals surface area contributed by atoms with Crippen molar-refractivity contribution in [3.8, 4) is 0 Å². The average Bonchev–Trinajstić information content (AvgIpc) is 2.27. The predicted octanol–water partition coefficient (Wildman–Crippen LogP) is 2.41. The van der Waals surface area contributed by atoms with Crippen LogP contribution in [0.25, 0.3) is 0 Å². The van der Waals surface area contributed by atoms with E-state index in [9.17, 15) is 4.79 Å². The van der Waals surface area contributed by atoms with Crippen LogP contribution in [-0.4, -0.2) is 17.6 Å². The molecule has 1 heterocycles. The quantitative estimate of drug-likeness (QED) is 0.672. The third-order valence-corrected chi connectivity index (χ3v) is 3.13. The molecule has 0 bridgehead atoms. The fraction of sp³-hybridized carbons (Fsp3) is 0.444. The van der Waals surface area contributed by atoms with Crippen LogP contribution in [0.3, 0.4) is 0 Å². The molecule has 0 aliphatic heterocycles. The number of halogens is 1.